The molecule has 1 N–H and O–H groups in total. The molecule has 2 amide bonds. The number of hydrogen-bond acceptors (Lipinski definition) is 2. The monoisotopic (exact) mass is 414 g/mol. The van der Waals surface area contributed by atoms with Crippen molar-refractivity contribution in [2.24, 2.45) is 5.92 Å². The van der Waals surface area contributed by atoms with Crippen LogP contribution in [0.25, 0.3) is 0 Å². The molecule has 0 unspecified atom stereocenters. The van der Waals surface area contributed by atoms with E-state index in [1.54, 1.807) is 4.90 Å². The summed E-state index contributed by atoms with van der Waals surface area (Å²) in [4.78, 5) is 26.5. The zero-order chi connectivity index (χ0) is 18.7. The van der Waals surface area contributed by atoms with Crippen LogP contribution in [0.1, 0.15) is 37.3 Å². The number of anilines is 1. The summed E-state index contributed by atoms with van der Waals surface area (Å²) in [5, 5.41) is 2.90. The zero-order valence-electron chi connectivity index (χ0n) is 15.0. The number of likely N-dealkylation sites (tertiary alicyclic amines) is 1. The number of hydrogen-bond donors (Lipinski definition) is 1. The van der Waals surface area contributed by atoms with Gasteiger partial charge in [-0.1, -0.05) is 54.0 Å². The molecule has 1 heterocycles. The molecule has 26 heavy (non-hydrogen) atoms. The average Bonchev–Trinajstić information content (AvgIpc) is 2.98. The first kappa shape index (κ1) is 18.6. The van der Waals surface area contributed by atoms with Crippen molar-refractivity contribution in [3.8, 4) is 0 Å². The van der Waals surface area contributed by atoms with Crippen LogP contribution in [-0.2, 0) is 16.1 Å². The summed E-state index contributed by atoms with van der Waals surface area (Å²) in [5.74, 6) is 0.123. The highest BCUT2D eigenvalue weighted by atomic mass is 79.9. The molecule has 0 radical (unpaired) electrons. The molecule has 0 bridgehead atoms. The summed E-state index contributed by atoms with van der Waals surface area (Å²) in [6, 6.07) is 15.8. The van der Waals surface area contributed by atoms with Gasteiger partial charge in [-0.15, -0.1) is 0 Å². The number of amides is 2. The van der Waals surface area contributed by atoms with Crippen molar-refractivity contribution >= 4 is 33.4 Å². The lowest BCUT2D eigenvalue weighted by molar-refractivity contribution is -0.128. The summed E-state index contributed by atoms with van der Waals surface area (Å²) >= 11 is 3.37. The second-order valence-corrected chi connectivity index (χ2v) is 7.98. The van der Waals surface area contributed by atoms with E-state index < -0.39 is 0 Å². The summed E-state index contributed by atoms with van der Waals surface area (Å²) in [6.07, 6.45) is 0.270. The number of carbonyl (C=O) groups excluding carboxylic acids is 2. The molecule has 136 valence electrons. The topological polar surface area (TPSA) is 49.4 Å². The van der Waals surface area contributed by atoms with E-state index in [0.717, 1.165) is 15.7 Å². The van der Waals surface area contributed by atoms with E-state index in [-0.39, 0.29) is 24.2 Å². The molecule has 4 nitrogen and oxygen atoms in total. The second-order valence-electron chi connectivity index (χ2n) is 7.07. The predicted octanol–water partition coefficient (Wildman–Crippen LogP) is 4.56. The van der Waals surface area contributed by atoms with Gasteiger partial charge in [-0.05, 0) is 41.3 Å². The predicted molar refractivity (Wildman–Crippen MR) is 107 cm³/mol. The SMILES string of the molecule is CC(C)c1ccc(CN2C[C@@H](C(=O)Nc3ccc(Br)cc3)CC2=O)cc1. The van der Waals surface area contributed by atoms with E-state index in [1.165, 1.54) is 5.56 Å². The second kappa shape index (κ2) is 8.04. The third kappa shape index (κ3) is 4.52. The minimum Gasteiger partial charge on any atom is -0.338 e. The molecule has 2 aromatic carbocycles. The Morgan fingerprint density at radius 2 is 1.81 bits per heavy atom. The fourth-order valence-electron chi connectivity index (χ4n) is 3.11. The van der Waals surface area contributed by atoms with Crippen LogP contribution in [-0.4, -0.2) is 23.3 Å². The van der Waals surface area contributed by atoms with Crippen molar-refractivity contribution in [1.29, 1.82) is 0 Å². The van der Waals surface area contributed by atoms with E-state index in [4.69, 9.17) is 0 Å². The van der Waals surface area contributed by atoms with Crippen molar-refractivity contribution in [1.82, 2.24) is 4.90 Å². The van der Waals surface area contributed by atoms with Crippen molar-refractivity contribution < 1.29 is 9.59 Å². The normalized spacial score (nSPS) is 17.0. The van der Waals surface area contributed by atoms with Crippen LogP contribution in [0.5, 0.6) is 0 Å². The van der Waals surface area contributed by atoms with E-state index in [1.807, 2.05) is 24.3 Å². The van der Waals surface area contributed by atoms with Gasteiger partial charge >= 0.3 is 0 Å². The molecular formula is C21H23BrN2O2. The molecule has 0 saturated carbocycles. The third-order valence-electron chi connectivity index (χ3n) is 4.72. The molecule has 2 aromatic rings. The van der Waals surface area contributed by atoms with Crippen LogP contribution in [0.2, 0.25) is 0 Å². The van der Waals surface area contributed by atoms with Gasteiger partial charge in [0.2, 0.25) is 11.8 Å². The van der Waals surface area contributed by atoms with E-state index in [9.17, 15) is 9.59 Å². The van der Waals surface area contributed by atoms with Gasteiger partial charge in [-0.25, -0.2) is 0 Å². The lowest BCUT2D eigenvalue weighted by Gasteiger charge is -2.17. The molecule has 5 heteroatoms. The van der Waals surface area contributed by atoms with E-state index >= 15 is 0 Å². The zero-order valence-corrected chi connectivity index (χ0v) is 16.6. The first-order valence-corrected chi connectivity index (χ1v) is 9.64. The molecule has 1 aliphatic rings. The van der Waals surface area contributed by atoms with Gasteiger partial charge < -0.3 is 10.2 Å². The summed E-state index contributed by atoms with van der Waals surface area (Å²) in [6.45, 7) is 5.34. The molecule has 0 aliphatic carbocycles. The number of carbonyl (C=O) groups is 2. The fourth-order valence-corrected chi connectivity index (χ4v) is 3.37. The molecule has 1 fully saturated rings. The van der Waals surface area contributed by atoms with Gasteiger partial charge in [-0.3, -0.25) is 9.59 Å². The van der Waals surface area contributed by atoms with Crippen molar-refractivity contribution in [3.63, 3.8) is 0 Å². The molecule has 1 aliphatic heterocycles. The summed E-state index contributed by atoms with van der Waals surface area (Å²) < 4.78 is 0.959. The van der Waals surface area contributed by atoms with Crippen molar-refractivity contribution in [2.45, 2.75) is 32.7 Å². The van der Waals surface area contributed by atoms with E-state index in [0.29, 0.717) is 19.0 Å². The molecule has 0 aromatic heterocycles. The molecule has 0 spiro atoms. The van der Waals surface area contributed by atoms with Crippen LogP contribution in [0.15, 0.2) is 53.0 Å². The van der Waals surface area contributed by atoms with Crippen LogP contribution >= 0.6 is 15.9 Å². The highest BCUT2D eigenvalue weighted by Gasteiger charge is 2.34. The fraction of sp³-hybridized carbons (Fsp3) is 0.333. The Labute approximate surface area is 162 Å². The first-order chi connectivity index (χ1) is 12.4. The maximum atomic E-state index is 12.5. The summed E-state index contributed by atoms with van der Waals surface area (Å²) in [5.41, 5.74) is 3.12. The molecular weight excluding hydrogens is 392 g/mol. The maximum absolute atomic E-state index is 12.5. The highest BCUT2D eigenvalue weighted by molar-refractivity contribution is 9.10. The van der Waals surface area contributed by atoms with Gasteiger partial charge in [0.25, 0.3) is 0 Å². The lowest BCUT2D eigenvalue weighted by atomic mass is 10.0. The minimum atomic E-state index is -0.305. The molecule has 1 atom stereocenters. The number of benzene rings is 2. The van der Waals surface area contributed by atoms with Crippen LogP contribution in [0, 0.1) is 5.92 Å². The Balaban J connectivity index is 1.59. The lowest BCUT2D eigenvalue weighted by Crippen LogP contribution is -2.28. The quantitative estimate of drug-likeness (QED) is 0.779. The van der Waals surface area contributed by atoms with Crippen molar-refractivity contribution in [2.75, 3.05) is 11.9 Å². The van der Waals surface area contributed by atoms with E-state index in [2.05, 4.69) is 59.4 Å². The Hall–Kier alpha value is -2.14. The van der Waals surface area contributed by atoms with Crippen molar-refractivity contribution in [3.05, 3.63) is 64.1 Å². The number of nitrogens with zero attached hydrogens (tertiary/aromatic N) is 1. The van der Waals surface area contributed by atoms with Gasteiger partial charge in [0.1, 0.15) is 0 Å². The van der Waals surface area contributed by atoms with Gasteiger partial charge in [-0.2, -0.15) is 0 Å². The molecule has 3 rings (SSSR count). The van der Waals surface area contributed by atoms with Gasteiger partial charge in [0, 0.05) is 29.7 Å². The number of nitrogens with one attached hydrogen (secondary N) is 1. The van der Waals surface area contributed by atoms with Gasteiger partial charge in [0.05, 0.1) is 5.92 Å². The number of rotatable bonds is 5. The standard InChI is InChI=1S/C21H23BrN2O2/c1-14(2)16-5-3-15(4-6-16)12-24-13-17(11-20(24)25)21(26)23-19-9-7-18(22)8-10-19/h3-10,14,17H,11-13H2,1-2H3,(H,23,26)/t17-/m0/s1. The Kier molecular flexibility index (Phi) is 5.77. The first-order valence-electron chi connectivity index (χ1n) is 8.85. The Morgan fingerprint density at radius 3 is 2.42 bits per heavy atom. The maximum Gasteiger partial charge on any atom is 0.229 e. The smallest absolute Gasteiger partial charge is 0.229 e. The molecule has 1 saturated heterocycles. The van der Waals surface area contributed by atoms with Crippen LogP contribution < -0.4 is 5.32 Å². The largest absolute Gasteiger partial charge is 0.338 e. The number of halogens is 1. The van der Waals surface area contributed by atoms with Crippen LogP contribution in [0.4, 0.5) is 5.69 Å². The Morgan fingerprint density at radius 1 is 1.15 bits per heavy atom. The van der Waals surface area contributed by atoms with Gasteiger partial charge in [0.15, 0.2) is 0 Å². The highest BCUT2D eigenvalue weighted by Crippen LogP contribution is 2.23. The Bertz CT molecular complexity index is 785. The third-order valence-corrected chi connectivity index (χ3v) is 5.25. The minimum absolute atomic E-state index is 0.0360. The summed E-state index contributed by atoms with van der Waals surface area (Å²) in [7, 11) is 0. The van der Waals surface area contributed by atoms with Crippen LogP contribution in [0.3, 0.4) is 0 Å². The average molecular weight is 415 g/mol.